The minimum Gasteiger partial charge on any atom is -0.444 e. The van der Waals surface area contributed by atoms with Crippen LogP contribution in [0.1, 0.15) is 123 Å². The Morgan fingerprint density at radius 2 is 1.59 bits per heavy atom. The molecule has 0 aromatic heterocycles. The van der Waals surface area contributed by atoms with Crippen LogP contribution in [-0.2, 0) is 9.53 Å². The van der Waals surface area contributed by atoms with Gasteiger partial charge in [0.15, 0.2) is 6.73 Å². The largest absolute Gasteiger partial charge is 0.444 e. The lowest BCUT2D eigenvalue weighted by Gasteiger charge is -2.29. The molecule has 7 nitrogen and oxygen atoms in total. The molecule has 2 aromatic rings. The highest BCUT2D eigenvalue weighted by Gasteiger charge is 2.17. The van der Waals surface area contributed by atoms with Gasteiger partial charge in [-0.05, 0) is 99.4 Å². The van der Waals surface area contributed by atoms with Crippen molar-refractivity contribution in [3.8, 4) is 12.1 Å². The Morgan fingerprint density at radius 3 is 2.13 bits per heavy atom. The summed E-state index contributed by atoms with van der Waals surface area (Å²) in [6, 6.07) is 15.4. The molecule has 250 valence electrons. The molecule has 2 aromatic carbocycles. The first-order valence-corrected chi connectivity index (χ1v) is 16.9. The number of anilines is 2. The average Bonchev–Trinajstić information content (AvgIpc) is 3.06. The number of rotatable bonds is 18. The predicted octanol–water partition coefficient (Wildman–Crippen LogP) is 10.6. The number of carbonyl (C=O) groups excluding carboxylic acids is 1. The Labute approximate surface area is 280 Å². The van der Waals surface area contributed by atoms with Crippen molar-refractivity contribution >= 4 is 29.3 Å². The topological polar surface area (TPSA) is 102 Å². The molecule has 0 heterocycles. The van der Waals surface area contributed by atoms with Gasteiger partial charge in [0.2, 0.25) is 0 Å². The van der Waals surface area contributed by atoms with E-state index in [4.69, 9.17) is 15.0 Å². The Hall–Kier alpha value is -4.36. The third kappa shape index (κ3) is 15.1. The molecule has 0 saturated carbocycles. The number of carbonyl (C=O) groups is 1. The van der Waals surface area contributed by atoms with E-state index in [1.807, 2.05) is 88.9 Å². The van der Waals surface area contributed by atoms with Gasteiger partial charge in [-0.15, -0.1) is 0 Å². The van der Waals surface area contributed by atoms with Crippen LogP contribution in [0.5, 0.6) is 0 Å². The van der Waals surface area contributed by atoms with Gasteiger partial charge >= 0.3 is 5.97 Å². The van der Waals surface area contributed by atoms with Crippen LogP contribution in [0.25, 0.3) is 6.08 Å². The minimum atomic E-state index is -0.388. The minimum absolute atomic E-state index is 0. The Morgan fingerprint density at radius 1 is 1.00 bits per heavy atom. The van der Waals surface area contributed by atoms with Crippen LogP contribution in [-0.4, -0.2) is 24.7 Å². The maximum atomic E-state index is 12.7. The van der Waals surface area contributed by atoms with Crippen molar-refractivity contribution in [2.24, 2.45) is 4.99 Å². The molecule has 7 heteroatoms. The SMILES string of the molecule is C/C=C\C(=N/C(C)N(COC(=O)CCCCCCCCCCC)c1ccc(C#N)cc1)Nc1c(C)cc(/C=C/C#N)cc1C.CC.[HH]. The van der Waals surface area contributed by atoms with Gasteiger partial charge in [0.1, 0.15) is 12.0 Å². The van der Waals surface area contributed by atoms with E-state index in [1.54, 1.807) is 18.2 Å². The summed E-state index contributed by atoms with van der Waals surface area (Å²) < 4.78 is 5.74. The molecule has 0 aliphatic carbocycles. The fourth-order valence-corrected chi connectivity index (χ4v) is 5.02. The molecule has 2 rings (SSSR count). The Bertz CT molecular complexity index is 1330. The molecular formula is C39H57N5O2. The predicted molar refractivity (Wildman–Crippen MR) is 196 cm³/mol. The number of nitrogens with zero attached hydrogens (tertiary/aromatic N) is 4. The van der Waals surface area contributed by atoms with E-state index >= 15 is 0 Å². The molecule has 0 fully saturated rings. The molecule has 0 amide bonds. The summed E-state index contributed by atoms with van der Waals surface area (Å²) in [7, 11) is 0. The molecule has 0 spiro atoms. The van der Waals surface area contributed by atoms with E-state index in [-0.39, 0.29) is 20.3 Å². The number of hydrogen-bond acceptors (Lipinski definition) is 6. The van der Waals surface area contributed by atoms with E-state index in [0.717, 1.165) is 47.3 Å². The molecule has 1 atom stereocenters. The summed E-state index contributed by atoms with van der Waals surface area (Å²) >= 11 is 0. The molecule has 0 aliphatic heterocycles. The molecule has 0 bridgehead atoms. The summed E-state index contributed by atoms with van der Waals surface area (Å²) in [5.41, 5.74) is 5.32. The summed E-state index contributed by atoms with van der Waals surface area (Å²) in [6.45, 7) is 14.2. The number of unbranched alkanes of at least 4 members (excludes halogenated alkanes) is 8. The summed E-state index contributed by atoms with van der Waals surface area (Å²) in [5, 5.41) is 21.6. The fraction of sp³-hybridized carbons (Fsp3) is 0.487. The Kier molecular flexibility index (Phi) is 20.6. The number of esters is 1. The number of hydrogen-bond donors (Lipinski definition) is 1. The maximum Gasteiger partial charge on any atom is 0.307 e. The second kappa shape index (κ2) is 23.9. The average molecular weight is 628 g/mol. The van der Waals surface area contributed by atoms with E-state index in [2.05, 4.69) is 18.3 Å². The summed E-state index contributed by atoms with van der Waals surface area (Å²) in [6.07, 6.45) is 17.8. The highest BCUT2D eigenvalue weighted by molar-refractivity contribution is 6.04. The van der Waals surface area contributed by atoms with Gasteiger partial charge < -0.3 is 15.0 Å². The van der Waals surface area contributed by atoms with Crippen molar-refractivity contribution in [3.63, 3.8) is 0 Å². The van der Waals surface area contributed by atoms with Crippen molar-refractivity contribution < 1.29 is 11.0 Å². The summed E-state index contributed by atoms with van der Waals surface area (Å²) in [4.78, 5) is 19.5. The second-order valence-corrected chi connectivity index (χ2v) is 11.1. The number of aliphatic imine (C=N–C) groups is 1. The first kappa shape index (κ1) is 39.7. The van der Waals surface area contributed by atoms with Gasteiger partial charge in [0, 0.05) is 25.3 Å². The standard InChI is InChI=1S/C37H49N5O2.C2H6.H2/c1-6-8-9-10-11-12-13-14-15-19-36(43)44-28-42(34-22-20-32(27-39)21-23-34)31(5)40-35(17-7-2)41-37-29(3)25-33(18-16-24-38)26-30(37)4;1-2;/h7,16-18,20-23,25-26,31H,6,8-15,19,28H2,1-5H3,(H,40,41);1-2H3;1H/b17-7-,18-16+;;. The molecule has 0 saturated heterocycles. The van der Waals surface area contributed by atoms with E-state index < -0.39 is 0 Å². The van der Waals surface area contributed by atoms with Gasteiger partial charge in [0.05, 0.1) is 17.7 Å². The van der Waals surface area contributed by atoms with Crippen molar-refractivity contribution in [1.29, 1.82) is 10.5 Å². The van der Waals surface area contributed by atoms with Crippen molar-refractivity contribution in [2.45, 2.75) is 119 Å². The quantitative estimate of drug-likeness (QED) is 0.0440. The molecule has 46 heavy (non-hydrogen) atoms. The van der Waals surface area contributed by atoms with Gasteiger partial charge in [0.25, 0.3) is 0 Å². The lowest BCUT2D eigenvalue weighted by molar-refractivity contribution is -0.143. The van der Waals surface area contributed by atoms with Gasteiger partial charge in [-0.2, -0.15) is 10.5 Å². The Balaban J connectivity index is 0.00000691. The highest BCUT2D eigenvalue weighted by Crippen LogP contribution is 2.24. The highest BCUT2D eigenvalue weighted by atomic mass is 16.5. The van der Waals surface area contributed by atoms with Crippen LogP contribution in [0.4, 0.5) is 11.4 Å². The first-order valence-electron chi connectivity index (χ1n) is 16.9. The lowest BCUT2D eigenvalue weighted by Crippen LogP contribution is -2.36. The maximum absolute atomic E-state index is 12.7. The summed E-state index contributed by atoms with van der Waals surface area (Å²) in [5.74, 6) is 0.442. The number of aryl methyl sites for hydroxylation is 2. The zero-order chi connectivity index (χ0) is 34.2. The molecule has 0 aliphatic rings. The van der Waals surface area contributed by atoms with Crippen LogP contribution < -0.4 is 10.2 Å². The van der Waals surface area contributed by atoms with E-state index in [0.29, 0.717) is 17.8 Å². The zero-order valence-electron chi connectivity index (χ0n) is 29.2. The van der Waals surface area contributed by atoms with Crippen LogP contribution in [0.2, 0.25) is 0 Å². The normalized spacial score (nSPS) is 11.8. The van der Waals surface area contributed by atoms with Crippen molar-refractivity contribution in [2.75, 3.05) is 16.9 Å². The third-order valence-corrected chi connectivity index (χ3v) is 7.44. The van der Waals surface area contributed by atoms with Gasteiger partial charge in [-0.1, -0.05) is 78.2 Å². The fourth-order valence-electron chi connectivity index (χ4n) is 5.02. The smallest absolute Gasteiger partial charge is 0.307 e. The molecule has 0 radical (unpaired) electrons. The zero-order valence-corrected chi connectivity index (χ0v) is 29.2. The van der Waals surface area contributed by atoms with Crippen molar-refractivity contribution in [3.05, 3.63) is 76.9 Å². The van der Waals surface area contributed by atoms with Crippen LogP contribution in [0.15, 0.2) is 59.6 Å². The van der Waals surface area contributed by atoms with Crippen LogP contribution in [0, 0.1) is 36.5 Å². The first-order chi connectivity index (χ1) is 22.3. The van der Waals surface area contributed by atoms with Crippen LogP contribution in [0.3, 0.4) is 0 Å². The van der Waals surface area contributed by atoms with E-state index in [9.17, 15) is 10.1 Å². The van der Waals surface area contributed by atoms with E-state index in [1.165, 1.54) is 44.6 Å². The number of allylic oxidation sites excluding steroid dienone is 2. The third-order valence-electron chi connectivity index (χ3n) is 7.44. The number of nitriles is 2. The van der Waals surface area contributed by atoms with Crippen molar-refractivity contribution in [1.82, 2.24) is 0 Å². The molecular weight excluding hydrogens is 570 g/mol. The number of nitrogens with one attached hydrogen (secondary N) is 1. The molecule has 1 N–H and O–H groups in total. The van der Waals surface area contributed by atoms with Gasteiger partial charge in [-0.25, -0.2) is 4.99 Å². The molecule has 1 unspecified atom stereocenters. The number of ether oxygens (including phenoxy) is 1. The van der Waals surface area contributed by atoms with Crippen LogP contribution >= 0.6 is 0 Å². The number of amidine groups is 1. The monoisotopic (exact) mass is 627 g/mol. The lowest BCUT2D eigenvalue weighted by atomic mass is 10.0. The van der Waals surface area contributed by atoms with Gasteiger partial charge in [-0.3, -0.25) is 4.79 Å². The second-order valence-electron chi connectivity index (χ2n) is 11.1. The number of benzene rings is 2.